The minimum Gasteiger partial charge on any atom is -0.369 e. The lowest BCUT2D eigenvalue weighted by atomic mass is 9.93. The molecule has 0 unspecified atom stereocenters. The van der Waals surface area contributed by atoms with Crippen LogP contribution in [0.4, 0.5) is 0 Å². The maximum absolute atomic E-state index is 5.85. The number of hydrogen-bond donors (Lipinski definition) is 0. The number of aromatic nitrogens is 2. The summed E-state index contributed by atoms with van der Waals surface area (Å²) in [6.07, 6.45) is 10.4. The standard InChI is InChI=1S/C14H21N3O/c1-2-4-12(5-3-1)17-8-9-18-14(10-17)13-6-7-15-11-16-13/h6-7,11-12,14H,1-5,8-10H2/t14-/m1/s1. The summed E-state index contributed by atoms with van der Waals surface area (Å²) in [5, 5.41) is 0. The van der Waals surface area contributed by atoms with E-state index in [1.807, 2.05) is 6.07 Å². The third-order valence-electron chi connectivity index (χ3n) is 4.12. The summed E-state index contributed by atoms with van der Waals surface area (Å²) >= 11 is 0. The van der Waals surface area contributed by atoms with Crippen LogP contribution in [0.5, 0.6) is 0 Å². The Hall–Kier alpha value is -1.00. The van der Waals surface area contributed by atoms with E-state index >= 15 is 0 Å². The van der Waals surface area contributed by atoms with Crippen molar-refractivity contribution < 1.29 is 4.74 Å². The molecule has 3 rings (SSSR count). The third kappa shape index (κ3) is 2.70. The topological polar surface area (TPSA) is 38.2 Å². The summed E-state index contributed by atoms with van der Waals surface area (Å²) in [4.78, 5) is 10.9. The van der Waals surface area contributed by atoms with Crippen molar-refractivity contribution in [1.29, 1.82) is 0 Å². The zero-order valence-electron chi connectivity index (χ0n) is 10.8. The highest BCUT2D eigenvalue weighted by Gasteiger charge is 2.28. The van der Waals surface area contributed by atoms with Gasteiger partial charge < -0.3 is 4.74 Å². The molecule has 1 aliphatic heterocycles. The van der Waals surface area contributed by atoms with Crippen molar-refractivity contribution in [3.05, 3.63) is 24.3 Å². The minimum atomic E-state index is 0.128. The lowest BCUT2D eigenvalue weighted by molar-refractivity contribution is -0.0517. The molecule has 0 bridgehead atoms. The number of nitrogens with zero attached hydrogens (tertiary/aromatic N) is 3. The van der Waals surface area contributed by atoms with E-state index in [2.05, 4.69) is 14.9 Å². The van der Waals surface area contributed by atoms with Crippen LogP contribution in [0.3, 0.4) is 0 Å². The van der Waals surface area contributed by atoms with Gasteiger partial charge in [-0.2, -0.15) is 0 Å². The molecule has 1 aliphatic carbocycles. The molecule has 1 aromatic rings. The molecule has 1 aromatic heterocycles. The highest BCUT2D eigenvalue weighted by Crippen LogP contribution is 2.27. The van der Waals surface area contributed by atoms with Gasteiger partial charge in [-0.05, 0) is 18.9 Å². The Kier molecular flexibility index (Phi) is 3.86. The van der Waals surface area contributed by atoms with Crippen LogP contribution in [-0.4, -0.2) is 40.6 Å². The molecule has 2 heterocycles. The van der Waals surface area contributed by atoms with Gasteiger partial charge in [0, 0.05) is 25.3 Å². The molecule has 2 aliphatic rings. The fraction of sp³-hybridized carbons (Fsp3) is 0.714. The Balaban J connectivity index is 1.64. The van der Waals surface area contributed by atoms with Gasteiger partial charge in [0.25, 0.3) is 0 Å². The molecule has 2 fully saturated rings. The molecular formula is C14H21N3O. The fourth-order valence-electron chi connectivity index (χ4n) is 3.12. The van der Waals surface area contributed by atoms with Crippen LogP contribution in [0.2, 0.25) is 0 Å². The predicted molar refractivity (Wildman–Crippen MR) is 69.2 cm³/mol. The van der Waals surface area contributed by atoms with Crippen molar-refractivity contribution in [3.63, 3.8) is 0 Å². The molecule has 4 nitrogen and oxygen atoms in total. The zero-order chi connectivity index (χ0) is 12.2. The van der Waals surface area contributed by atoms with Gasteiger partial charge in [0.05, 0.1) is 12.3 Å². The molecule has 0 amide bonds. The second-order valence-corrected chi connectivity index (χ2v) is 5.28. The van der Waals surface area contributed by atoms with E-state index in [0.717, 1.165) is 31.4 Å². The van der Waals surface area contributed by atoms with Crippen molar-refractivity contribution in [2.24, 2.45) is 0 Å². The zero-order valence-corrected chi connectivity index (χ0v) is 10.8. The number of ether oxygens (including phenoxy) is 1. The minimum absolute atomic E-state index is 0.128. The smallest absolute Gasteiger partial charge is 0.115 e. The van der Waals surface area contributed by atoms with Crippen LogP contribution in [0.15, 0.2) is 18.6 Å². The molecule has 4 heteroatoms. The summed E-state index contributed by atoms with van der Waals surface area (Å²) in [5.74, 6) is 0. The van der Waals surface area contributed by atoms with Gasteiger partial charge in [-0.25, -0.2) is 9.97 Å². The van der Waals surface area contributed by atoms with E-state index < -0.39 is 0 Å². The first-order valence-corrected chi connectivity index (χ1v) is 7.05. The van der Waals surface area contributed by atoms with E-state index in [1.165, 1.54) is 32.1 Å². The highest BCUT2D eigenvalue weighted by atomic mass is 16.5. The van der Waals surface area contributed by atoms with Crippen LogP contribution < -0.4 is 0 Å². The summed E-state index contributed by atoms with van der Waals surface area (Å²) in [6, 6.07) is 2.74. The van der Waals surface area contributed by atoms with Gasteiger partial charge in [0.1, 0.15) is 12.4 Å². The van der Waals surface area contributed by atoms with Crippen LogP contribution in [0.1, 0.15) is 43.9 Å². The van der Waals surface area contributed by atoms with Crippen molar-refractivity contribution in [1.82, 2.24) is 14.9 Å². The number of rotatable bonds is 2. The third-order valence-corrected chi connectivity index (χ3v) is 4.12. The summed E-state index contributed by atoms with van der Waals surface area (Å²) in [7, 11) is 0. The number of morpholine rings is 1. The van der Waals surface area contributed by atoms with Crippen molar-refractivity contribution in [2.45, 2.75) is 44.2 Å². The van der Waals surface area contributed by atoms with Crippen molar-refractivity contribution >= 4 is 0 Å². The fourth-order valence-corrected chi connectivity index (χ4v) is 3.12. The molecule has 18 heavy (non-hydrogen) atoms. The molecule has 0 N–H and O–H groups in total. The van der Waals surface area contributed by atoms with Gasteiger partial charge in [-0.1, -0.05) is 19.3 Å². The van der Waals surface area contributed by atoms with Gasteiger partial charge in [-0.3, -0.25) is 4.90 Å². The SMILES string of the molecule is c1cc([C@H]2CN(C3CCCCC3)CCO2)ncn1. The monoisotopic (exact) mass is 247 g/mol. The predicted octanol–water partition coefficient (Wildman–Crippen LogP) is 2.18. The van der Waals surface area contributed by atoms with Gasteiger partial charge in [0.2, 0.25) is 0 Å². The molecule has 1 saturated carbocycles. The maximum atomic E-state index is 5.85. The first kappa shape index (κ1) is 12.1. The van der Waals surface area contributed by atoms with Crippen LogP contribution >= 0.6 is 0 Å². The molecule has 0 spiro atoms. The largest absolute Gasteiger partial charge is 0.369 e. The van der Waals surface area contributed by atoms with Crippen molar-refractivity contribution in [2.75, 3.05) is 19.7 Å². The van der Waals surface area contributed by atoms with Gasteiger partial charge in [0.15, 0.2) is 0 Å². The Morgan fingerprint density at radius 2 is 2.11 bits per heavy atom. The Labute approximate surface area is 108 Å². The van der Waals surface area contributed by atoms with E-state index in [4.69, 9.17) is 4.74 Å². The van der Waals surface area contributed by atoms with E-state index in [9.17, 15) is 0 Å². The summed E-state index contributed by atoms with van der Waals surface area (Å²) in [6.45, 7) is 2.89. The Morgan fingerprint density at radius 1 is 1.22 bits per heavy atom. The van der Waals surface area contributed by atoms with Crippen LogP contribution in [0, 0.1) is 0 Å². The average molecular weight is 247 g/mol. The molecule has 1 saturated heterocycles. The first-order chi connectivity index (χ1) is 8.93. The van der Waals surface area contributed by atoms with Gasteiger partial charge >= 0.3 is 0 Å². The molecule has 0 aromatic carbocycles. The van der Waals surface area contributed by atoms with E-state index in [1.54, 1.807) is 12.5 Å². The molecule has 1 atom stereocenters. The van der Waals surface area contributed by atoms with Gasteiger partial charge in [-0.15, -0.1) is 0 Å². The molecule has 98 valence electrons. The first-order valence-electron chi connectivity index (χ1n) is 7.05. The molecular weight excluding hydrogens is 226 g/mol. The Morgan fingerprint density at radius 3 is 2.89 bits per heavy atom. The second kappa shape index (κ2) is 5.76. The van der Waals surface area contributed by atoms with Crippen LogP contribution in [0.25, 0.3) is 0 Å². The highest BCUT2D eigenvalue weighted by molar-refractivity contribution is 5.04. The van der Waals surface area contributed by atoms with E-state index in [-0.39, 0.29) is 6.10 Å². The summed E-state index contributed by atoms with van der Waals surface area (Å²) < 4.78 is 5.85. The Bertz CT molecular complexity index is 365. The normalized spacial score (nSPS) is 27.2. The molecule has 0 radical (unpaired) electrons. The maximum Gasteiger partial charge on any atom is 0.115 e. The van der Waals surface area contributed by atoms with Crippen LogP contribution in [-0.2, 0) is 4.74 Å². The summed E-state index contributed by atoms with van der Waals surface area (Å²) in [5.41, 5.74) is 1.02. The average Bonchev–Trinajstić information content (AvgIpc) is 2.49. The van der Waals surface area contributed by atoms with E-state index in [0.29, 0.717) is 0 Å². The second-order valence-electron chi connectivity index (χ2n) is 5.28. The lowest BCUT2D eigenvalue weighted by Gasteiger charge is -2.39. The van der Waals surface area contributed by atoms with Crippen molar-refractivity contribution in [3.8, 4) is 0 Å². The number of hydrogen-bond acceptors (Lipinski definition) is 4. The lowest BCUT2D eigenvalue weighted by Crippen LogP contribution is -2.45. The quantitative estimate of drug-likeness (QED) is 0.803.